The summed E-state index contributed by atoms with van der Waals surface area (Å²) in [4.78, 5) is 24.0. The molecule has 2 unspecified atom stereocenters. The minimum Gasteiger partial charge on any atom is -0.323 e. The van der Waals surface area contributed by atoms with Crippen molar-refractivity contribution in [3.05, 3.63) is 46.5 Å². The lowest BCUT2D eigenvalue weighted by Crippen LogP contribution is -2.52. The third-order valence-corrected chi connectivity index (χ3v) is 4.86. The van der Waals surface area contributed by atoms with Gasteiger partial charge in [0.1, 0.15) is 0 Å². The molecule has 1 aromatic carbocycles. The molecular formula is C19H22F3N5O2. The fraction of sp³-hybridized carbons (Fsp3) is 0.421. The average Bonchev–Trinajstić information content (AvgIpc) is 2.94. The molecule has 7 nitrogen and oxygen atoms in total. The lowest BCUT2D eigenvalue weighted by Gasteiger charge is -2.30. The van der Waals surface area contributed by atoms with Crippen LogP contribution < -0.4 is 16.0 Å². The third-order valence-electron chi connectivity index (χ3n) is 4.86. The number of hydrogen-bond donors (Lipinski definition) is 3. The van der Waals surface area contributed by atoms with Crippen molar-refractivity contribution in [2.75, 3.05) is 5.32 Å². The molecule has 0 radical (unpaired) electrons. The first-order chi connectivity index (χ1) is 13.7. The average molecular weight is 409 g/mol. The van der Waals surface area contributed by atoms with Gasteiger partial charge in [-0.05, 0) is 44.9 Å². The fourth-order valence-electron chi connectivity index (χ4n) is 3.38. The number of carbonyl (C=O) groups is 2. The lowest BCUT2D eigenvalue weighted by molar-refractivity contribution is -0.125. The second kappa shape index (κ2) is 8.24. The van der Waals surface area contributed by atoms with E-state index in [1.54, 1.807) is 11.6 Å². The van der Waals surface area contributed by atoms with E-state index in [1.165, 1.54) is 0 Å². The summed E-state index contributed by atoms with van der Waals surface area (Å²) in [7, 11) is 0. The van der Waals surface area contributed by atoms with Gasteiger partial charge in [0, 0.05) is 24.6 Å². The van der Waals surface area contributed by atoms with Gasteiger partial charge in [-0.3, -0.25) is 14.9 Å². The normalized spacial score (nSPS) is 19.2. The molecule has 1 aliphatic heterocycles. The van der Waals surface area contributed by atoms with Crippen LogP contribution >= 0.6 is 0 Å². The Balaban J connectivity index is 1.68. The summed E-state index contributed by atoms with van der Waals surface area (Å²) in [5.41, 5.74) is 1.88. The molecular weight excluding hydrogens is 387 g/mol. The van der Waals surface area contributed by atoms with Crippen LogP contribution in [0.5, 0.6) is 0 Å². The molecule has 0 spiro atoms. The van der Waals surface area contributed by atoms with E-state index in [0.29, 0.717) is 18.5 Å². The van der Waals surface area contributed by atoms with Crippen LogP contribution in [0.1, 0.15) is 43.0 Å². The molecule has 1 fully saturated rings. The summed E-state index contributed by atoms with van der Waals surface area (Å²) in [6, 6.07) is 1.72. The molecule has 1 aliphatic rings. The van der Waals surface area contributed by atoms with Crippen LogP contribution in [0.4, 0.5) is 18.9 Å². The van der Waals surface area contributed by atoms with Gasteiger partial charge < -0.3 is 10.6 Å². The zero-order valence-electron chi connectivity index (χ0n) is 16.3. The Hall–Kier alpha value is -2.88. The maximum atomic E-state index is 13.7. The number of hydrogen-bond acceptors (Lipinski definition) is 4. The molecule has 29 heavy (non-hydrogen) atoms. The van der Waals surface area contributed by atoms with Crippen LogP contribution in [0.15, 0.2) is 12.1 Å². The highest BCUT2D eigenvalue weighted by atomic mass is 19.2. The van der Waals surface area contributed by atoms with E-state index in [4.69, 9.17) is 0 Å². The standard InChI is InChI=1S/C19H22F3N5O2/c1-9-8-16(29)25-19(23-9)27-11(3)12(10(2)26-27)4-7-15(28)24-14-6-5-13(20)17(21)18(14)22/h5-6,9,19,23H,4,7-8H2,1-3H3,(H,24,28)(H,25,29). The summed E-state index contributed by atoms with van der Waals surface area (Å²) in [5, 5.41) is 12.8. The van der Waals surface area contributed by atoms with Crippen LogP contribution in [0, 0.1) is 31.3 Å². The first kappa shape index (κ1) is 20.8. The number of benzene rings is 1. The molecule has 3 N–H and O–H groups in total. The number of carbonyl (C=O) groups excluding carboxylic acids is 2. The Morgan fingerprint density at radius 2 is 2.00 bits per heavy atom. The molecule has 10 heteroatoms. The highest BCUT2D eigenvalue weighted by Gasteiger charge is 2.27. The molecule has 2 heterocycles. The van der Waals surface area contributed by atoms with Gasteiger partial charge in [0.15, 0.2) is 23.7 Å². The quantitative estimate of drug-likeness (QED) is 0.662. The van der Waals surface area contributed by atoms with E-state index in [9.17, 15) is 22.8 Å². The Morgan fingerprint density at radius 3 is 2.69 bits per heavy atom. The van der Waals surface area contributed by atoms with Crippen molar-refractivity contribution < 1.29 is 22.8 Å². The molecule has 2 atom stereocenters. The number of aryl methyl sites for hydroxylation is 1. The van der Waals surface area contributed by atoms with Gasteiger partial charge in [-0.2, -0.15) is 5.10 Å². The van der Waals surface area contributed by atoms with E-state index in [1.807, 2.05) is 13.8 Å². The summed E-state index contributed by atoms with van der Waals surface area (Å²) < 4.78 is 41.6. The van der Waals surface area contributed by atoms with E-state index in [-0.39, 0.29) is 18.4 Å². The zero-order valence-corrected chi connectivity index (χ0v) is 16.3. The van der Waals surface area contributed by atoms with Crippen molar-refractivity contribution in [2.45, 2.75) is 52.4 Å². The highest BCUT2D eigenvalue weighted by molar-refractivity contribution is 5.91. The summed E-state index contributed by atoms with van der Waals surface area (Å²) in [6.07, 6.45) is 0.199. The van der Waals surface area contributed by atoms with Crippen LogP contribution in [0.3, 0.4) is 0 Å². The van der Waals surface area contributed by atoms with Crippen molar-refractivity contribution in [3.8, 4) is 0 Å². The summed E-state index contributed by atoms with van der Waals surface area (Å²) in [5.74, 6) is -5.02. The molecule has 156 valence electrons. The molecule has 2 amide bonds. The number of nitrogens with one attached hydrogen (secondary N) is 3. The smallest absolute Gasteiger partial charge is 0.224 e. The third kappa shape index (κ3) is 4.42. The van der Waals surface area contributed by atoms with Crippen LogP contribution in [-0.2, 0) is 16.0 Å². The van der Waals surface area contributed by atoms with Crippen molar-refractivity contribution in [2.24, 2.45) is 0 Å². The highest BCUT2D eigenvalue weighted by Crippen LogP contribution is 2.22. The predicted octanol–water partition coefficient (Wildman–Crippen LogP) is 2.44. The molecule has 0 bridgehead atoms. The zero-order chi connectivity index (χ0) is 21.3. The first-order valence-corrected chi connectivity index (χ1v) is 9.20. The predicted molar refractivity (Wildman–Crippen MR) is 99.4 cm³/mol. The largest absolute Gasteiger partial charge is 0.323 e. The minimum atomic E-state index is -1.63. The van der Waals surface area contributed by atoms with Gasteiger partial charge in [-0.1, -0.05) is 0 Å². The number of aromatic nitrogens is 2. The van der Waals surface area contributed by atoms with Crippen molar-refractivity contribution in [3.63, 3.8) is 0 Å². The molecule has 1 aromatic heterocycles. The number of rotatable bonds is 5. The van der Waals surface area contributed by atoms with E-state index in [0.717, 1.165) is 23.4 Å². The molecule has 1 saturated heterocycles. The molecule has 0 aliphatic carbocycles. The van der Waals surface area contributed by atoms with E-state index >= 15 is 0 Å². The Bertz CT molecular complexity index is 960. The minimum absolute atomic E-state index is 0.00196. The van der Waals surface area contributed by atoms with Crippen LogP contribution in [0.2, 0.25) is 0 Å². The van der Waals surface area contributed by atoms with Gasteiger partial charge in [-0.15, -0.1) is 0 Å². The summed E-state index contributed by atoms with van der Waals surface area (Å²) >= 11 is 0. The Labute approximate surface area is 165 Å². The lowest BCUT2D eigenvalue weighted by atomic mass is 10.1. The number of anilines is 1. The Morgan fingerprint density at radius 1 is 1.28 bits per heavy atom. The number of amides is 2. The van der Waals surface area contributed by atoms with Gasteiger partial charge in [0.05, 0.1) is 11.4 Å². The van der Waals surface area contributed by atoms with Crippen molar-refractivity contribution in [1.82, 2.24) is 20.4 Å². The first-order valence-electron chi connectivity index (χ1n) is 9.20. The van der Waals surface area contributed by atoms with Crippen molar-refractivity contribution >= 4 is 17.5 Å². The second-order valence-electron chi connectivity index (χ2n) is 7.11. The number of nitrogens with zero attached hydrogens (tertiary/aromatic N) is 2. The molecule has 2 aromatic rings. The van der Waals surface area contributed by atoms with Crippen LogP contribution in [-0.4, -0.2) is 27.6 Å². The maximum Gasteiger partial charge on any atom is 0.224 e. The van der Waals surface area contributed by atoms with Gasteiger partial charge in [0.2, 0.25) is 11.8 Å². The maximum absolute atomic E-state index is 13.7. The second-order valence-corrected chi connectivity index (χ2v) is 7.11. The Kier molecular flexibility index (Phi) is 5.92. The van der Waals surface area contributed by atoms with Crippen molar-refractivity contribution in [1.29, 1.82) is 0 Å². The SMILES string of the molecule is Cc1nn(C2NC(=O)CC(C)N2)c(C)c1CCC(=O)Nc1ccc(F)c(F)c1F. The topological polar surface area (TPSA) is 88.1 Å². The fourth-order valence-corrected chi connectivity index (χ4v) is 3.38. The van der Waals surface area contributed by atoms with Crippen LogP contribution in [0.25, 0.3) is 0 Å². The van der Waals surface area contributed by atoms with E-state index in [2.05, 4.69) is 21.0 Å². The van der Waals surface area contributed by atoms with Gasteiger partial charge >= 0.3 is 0 Å². The molecule has 3 rings (SSSR count). The summed E-state index contributed by atoms with van der Waals surface area (Å²) in [6.45, 7) is 5.52. The molecule has 0 saturated carbocycles. The van der Waals surface area contributed by atoms with Gasteiger partial charge in [0.25, 0.3) is 0 Å². The van der Waals surface area contributed by atoms with Gasteiger partial charge in [-0.25, -0.2) is 17.9 Å². The number of halogens is 3. The monoisotopic (exact) mass is 409 g/mol. The van der Waals surface area contributed by atoms with E-state index < -0.39 is 35.3 Å².